The second-order valence-electron chi connectivity index (χ2n) is 13.5. The van der Waals surface area contributed by atoms with E-state index in [1.807, 2.05) is 72.8 Å². The Balaban J connectivity index is 0.000000181. The van der Waals surface area contributed by atoms with Gasteiger partial charge in [0.05, 0.1) is 24.5 Å². The summed E-state index contributed by atoms with van der Waals surface area (Å²) in [5, 5.41) is 0.949. The number of rotatable bonds is 6. The van der Waals surface area contributed by atoms with Crippen LogP contribution < -0.4 is 41.0 Å². The molecule has 0 saturated heterocycles. The fourth-order valence-corrected chi connectivity index (χ4v) is 6.61. The number of pyridine rings is 2. The van der Waals surface area contributed by atoms with E-state index >= 15 is 0 Å². The van der Waals surface area contributed by atoms with E-state index in [2.05, 4.69) is 31.7 Å². The molecule has 0 fully saturated rings. The summed E-state index contributed by atoms with van der Waals surface area (Å²) in [6.45, 7) is 0.532. The van der Waals surface area contributed by atoms with Crippen LogP contribution in [0.1, 0.15) is 35.1 Å². The summed E-state index contributed by atoms with van der Waals surface area (Å²) in [5.41, 5.74) is 14.6. The zero-order valence-electron chi connectivity index (χ0n) is 31.9. The normalized spacial score (nSPS) is 12.1. The molecule has 6 aromatic rings. The van der Waals surface area contributed by atoms with Gasteiger partial charge in [0.15, 0.2) is 11.5 Å². The number of hydrazine groups is 2. The molecule has 2 aliphatic rings. The molecule has 304 valence electrons. The number of hydrogen-bond acceptors (Lipinski definition) is 8. The molecular formula is C44H38Cl2N8O6. The summed E-state index contributed by atoms with van der Waals surface area (Å²) in [5.74, 6) is 1.75. The van der Waals surface area contributed by atoms with Crippen LogP contribution in [-0.4, -0.2) is 33.8 Å². The number of aryl methyl sites for hydroxylation is 2. The Morgan fingerprint density at radius 2 is 0.917 bits per heavy atom. The van der Waals surface area contributed by atoms with Crippen molar-refractivity contribution in [3.05, 3.63) is 166 Å². The quantitative estimate of drug-likeness (QED) is 0.121. The van der Waals surface area contributed by atoms with Crippen molar-refractivity contribution in [2.24, 2.45) is 0 Å². The lowest BCUT2D eigenvalue weighted by Gasteiger charge is -2.22. The first-order valence-corrected chi connectivity index (χ1v) is 19.6. The number of amides is 6. The second kappa shape index (κ2) is 19.5. The number of para-hydroxylation sites is 2. The molecule has 0 unspecified atom stereocenters. The van der Waals surface area contributed by atoms with Gasteiger partial charge in [-0.25, -0.2) is 20.4 Å². The van der Waals surface area contributed by atoms with Crippen LogP contribution in [0.25, 0.3) is 0 Å². The third kappa shape index (κ3) is 10.7. The van der Waals surface area contributed by atoms with E-state index in [4.69, 9.17) is 32.7 Å². The van der Waals surface area contributed by atoms with Crippen LogP contribution in [0, 0.1) is 0 Å². The van der Waals surface area contributed by atoms with Gasteiger partial charge in [0.25, 0.3) is 0 Å². The lowest BCUT2D eigenvalue weighted by Crippen LogP contribution is -2.48. The molecule has 4 heterocycles. The first-order chi connectivity index (χ1) is 29.2. The maximum absolute atomic E-state index is 12.9. The van der Waals surface area contributed by atoms with E-state index < -0.39 is 12.1 Å². The van der Waals surface area contributed by atoms with E-state index in [0.717, 1.165) is 22.3 Å². The third-order valence-corrected chi connectivity index (χ3v) is 9.82. The number of carbonyl (C=O) groups excluding carboxylic acids is 4. The minimum absolute atomic E-state index is 0.235. The number of urea groups is 2. The zero-order valence-corrected chi connectivity index (χ0v) is 33.5. The van der Waals surface area contributed by atoms with Gasteiger partial charge in [-0.2, -0.15) is 0 Å². The topological polar surface area (TPSA) is 167 Å². The Bertz CT molecular complexity index is 2320. The Morgan fingerprint density at radius 3 is 1.33 bits per heavy atom. The van der Waals surface area contributed by atoms with Gasteiger partial charge in [0, 0.05) is 58.8 Å². The summed E-state index contributed by atoms with van der Waals surface area (Å²) in [7, 11) is 0. The molecular weight excluding hydrogens is 807 g/mol. The zero-order chi connectivity index (χ0) is 41.8. The van der Waals surface area contributed by atoms with E-state index in [1.165, 1.54) is 9.80 Å². The Hall–Kier alpha value is -7.16. The number of nitrogens with zero attached hydrogens (tertiary/aromatic N) is 4. The summed E-state index contributed by atoms with van der Waals surface area (Å²) in [6.07, 6.45) is 8.28. The van der Waals surface area contributed by atoms with Gasteiger partial charge >= 0.3 is 12.1 Å². The predicted molar refractivity (Wildman–Crippen MR) is 227 cm³/mol. The predicted octanol–water partition coefficient (Wildman–Crippen LogP) is 8.44. The number of carbonyl (C=O) groups is 4. The first-order valence-electron chi connectivity index (χ1n) is 18.8. The minimum atomic E-state index is -0.490. The Labute approximate surface area is 355 Å². The average molecular weight is 846 g/mol. The molecule has 4 N–H and O–H groups in total. The van der Waals surface area contributed by atoms with Gasteiger partial charge in [-0.05, 0) is 96.8 Å². The first kappa shape index (κ1) is 41.0. The number of aromatic nitrogens is 2. The van der Waals surface area contributed by atoms with E-state index in [0.29, 0.717) is 57.3 Å². The summed E-state index contributed by atoms with van der Waals surface area (Å²) in [4.78, 5) is 61.0. The van der Waals surface area contributed by atoms with Crippen molar-refractivity contribution in [2.45, 2.75) is 38.8 Å². The molecule has 60 heavy (non-hydrogen) atoms. The minimum Gasteiger partial charge on any atom is -0.455 e. The van der Waals surface area contributed by atoms with Crippen LogP contribution in [-0.2, 0) is 35.5 Å². The molecule has 2 aliphatic heterocycles. The average Bonchev–Trinajstić information content (AvgIpc) is 3.54. The highest BCUT2D eigenvalue weighted by molar-refractivity contribution is 6.31. The van der Waals surface area contributed by atoms with Gasteiger partial charge in [-0.1, -0.05) is 59.6 Å². The van der Waals surface area contributed by atoms with Crippen molar-refractivity contribution >= 4 is 58.5 Å². The van der Waals surface area contributed by atoms with E-state index in [9.17, 15) is 19.2 Å². The van der Waals surface area contributed by atoms with Crippen LogP contribution in [0.5, 0.6) is 23.0 Å². The highest BCUT2D eigenvalue weighted by Crippen LogP contribution is 2.41. The molecule has 6 amide bonds. The molecule has 0 bridgehead atoms. The fraction of sp³-hybridized carbons (Fsp3) is 0.136. The monoisotopic (exact) mass is 844 g/mol. The van der Waals surface area contributed by atoms with Crippen molar-refractivity contribution in [3.63, 3.8) is 0 Å². The number of halogens is 2. The van der Waals surface area contributed by atoms with Crippen molar-refractivity contribution in [1.82, 2.24) is 31.7 Å². The molecule has 2 aromatic heterocycles. The molecule has 0 aliphatic carbocycles. The SMILES string of the molecule is O=C(CCc1ccncc1)NNC(=O)N1Cc2ccccc2Oc2ccc(Cl)cc21.O=C(CCc1ccncc1)NNC(=O)N1Cc2ccccc2Oc2ccc(Cl)cc21. The number of anilines is 2. The highest BCUT2D eigenvalue weighted by atomic mass is 35.5. The third-order valence-electron chi connectivity index (χ3n) is 9.35. The summed E-state index contributed by atoms with van der Waals surface area (Å²) in [6, 6.07) is 31.5. The van der Waals surface area contributed by atoms with Gasteiger partial charge in [0.2, 0.25) is 11.8 Å². The van der Waals surface area contributed by atoms with Crippen molar-refractivity contribution in [1.29, 1.82) is 0 Å². The molecule has 8 rings (SSSR count). The van der Waals surface area contributed by atoms with Crippen LogP contribution in [0.2, 0.25) is 10.0 Å². The standard InChI is InChI=1S/2C22H19ClN4O3/c2*23-17-6-7-20-18(13-17)27(14-16-3-1-2-4-19(16)30-20)22(29)26-25-21(28)8-5-15-9-11-24-12-10-15/h2*1-4,6-7,9-13H,5,8,14H2,(H,25,28)(H,26,29). The summed E-state index contributed by atoms with van der Waals surface area (Å²) >= 11 is 12.3. The Morgan fingerprint density at radius 1 is 0.517 bits per heavy atom. The number of ether oxygens (including phenoxy) is 2. The molecule has 0 radical (unpaired) electrons. The smallest absolute Gasteiger partial charge is 0.341 e. The number of nitrogens with one attached hydrogen (secondary N) is 4. The molecule has 0 spiro atoms. The van der Waals surface area contributed by atoms with Gasteiger partial charge in [-0.3, -0.25) is 40.2 Å². The van der Waals surface area contributed by atoms with Crippen molar-refractivity contribution < 1.29 is 28.7 Å². The Kier molecular flexibility index (Phi) is 13.3. The maximum atomic E-state index is 12.9. The molecule has 14 nitrogen and oxygen atoms in total. The number of benzene rings is 4. The van der Waals surface area contributed by atoms with Gasteiger partial charge < -0.3 is 9.47 Å². The molecule has 0 atom stereocenters. The van der Waals surface area contributed by atoms with Crippen LogP contribution >= 0.6 is 23.2 Å². The number of hydrogen-bond donors (Lipinski definition) is 4. The number of fused-ring (bicyclic) bond motifs is 4. The van der Waals surface area contributed by atoms with Crippen LogP contribution in [0.3, 0.4) is 0 Å². The fourth-order valence-electron chi connectivity index (χ4n) is 6.27. The summed E-state index contributed by atoms with van der Waals surface area (Å²) < 4.78 is 12.0. The second-order valence-corrected chi connectivity index (χ2v) is 14.4. The van der Waals surface area contributed by atoms with Crippen molar-refractivity contribution in [3.8, 4) is 23.0 Å². The molecule has 16 heteroatoms. The van der Waals surface area contributed by atoms with E-state index in [1.54, 1.807) is 61.2 Å². The molecule has 4 aromatic carbocycles. The van der Waals surface area contributed by atoms with Gasteiger partial charge in [-0.15, -0.1) is 0 Å². The highest BCUT2D eigenvalue weighted by Gasteiger charge is 2.27. The van der Waals surface area contributed by atoms with Crippen molar-refractivity contribution in [2.75, 3.05) is 9.80 Å². The van der Waals surface area contributed by atoms with Crippen LogP contribution in [0.4, 0.5) is 21.0 Å². The van der Waals surface area contributed by atoms with E-state index in [-0.39, 0.29) is 37.7 Å². The van der Waals surface area contributed by atoms with Gasteiger partial charge in [0.1, 0.15) is 11.5 Å². The lowest BCUT2D eigenvalue weighted by molar-refractivity contribution is -0.122. The van der Waals surface area contributed by atoms with Crippen LogP contribution in [0.15, 0.2) is 134 Å². The maximum Gasteiger partial charge on any atom is 0.341 e. The largest absolute Gasteiger partial charge is 0.455 e. The molecule has 0 saturated carbocycles. The lowest BCUT2D eigenvalue weighted by atomic mass is 10.1.